The molecule has 0 atom stereocenters. The van der Waals surface area contributed by atoms with E-state index in [-0.39, 0.29) is 5.97 Å². The van der Waals surface area contributed by atoms with Crippen molar-refractivity contribution in [1.82, 2.24) is 9.13 Å². The van der Waals surface area contributed by atoms with E-state index in [9.17, 15) is 4.79 Å². The Morgan fingerprint density at radius 1 is 0.844 bits per heavy atom. The highest BCUT2D eigenvalue weighted by atomic mass is 16.5. The van der Waals surface area contributed by atoms with Crippen molar-refractivity contribution in [3.8, 4) is 16.8 Å². The number of hydrogen-bond donors (Lipinski definition) is 0. The number of carbonyl (C=O) groups excluding carboxylic acids is 1. The number of hydrogen-bond acceptors (Lipinski definition) is 2. The highest BCUT2D eigenvalue weighted by Crippen LogP contribution is 2.37. The number of rotatable bonds is 6. The van der Waals surface area contributed by atoms with Crippen molar-refractivity contribution in [1.29, 1.82) is 0 Å². The van der Waals surface area contributed by atoms with Crippen molar-refractivity contribution in [2.24, 2.45) is 0 Å². The molecule has 2 heterocycles. The Hall–Kier alpha value is -4.05. The lowest BCUT2D eigenvalue weighted by Crippen LogP contribution is -2.14. The van der Waals surface area contributed by atoms with Gasteiger partial charge in [0.15, 0.2) is 0 Å². The molecule has 0 fully saturated rings. The van der Waals surface area contributed by atoms with Crippen molar-refractivity contribution in [2.45, 2.75) is 13.5 Å². The van der Waals surface area contributed by atoms with E-state index in [0.29, 0.717) is 18.8 Å². The van der Waals surface area contributed by atoms with Crippen LogP contribution in [-0.4, -0.2) is 21.7 Å². The lowest BCUT2D eigenvalue weighted by atomic mass is 10.0. The predicted molar refractivity (Wildman–Crippen MR) is 128 cm³/mol. The first-order valence-corrected chi connectivity index (χ1v) is 10.8. The predicted octanol–water partition coefficient (Wildman–Crippen LogP) is 6.32. The largest absolute Gasteiger partial charge is 0.461 e. The molecule has 0 saturated carbocycles. The molecule has 0 radical (unpaired) electrons. The number of benzene rings is 3. The van der Waals surface area contributed by atoms with Gasteiger partial charge in [-0.05, 0) is 48.4 Å². The normalized spacial score (nSPS) is 11.0. The van der Waals surface area contributed by atoms with Gasteiger partial charge in [0, 0.05) is 41.1 Å². The zero-order valence-electron chi connectivity index (χ0n) is 17.9. The minimum absolute atomic E-state index is 0.305. The fourth-order valence-electron chi connectivity index (χ4n) is 4.25. The molecular weight excluding hydrogens is 396 g/mol. The van der Waals surface area contributed by atoms with Crippen LogP contribution < -0.4 is 0 Å². The Balaban J connectivity index is 1.82. The van der Waals surface area contributed by atoms with E-state index < -0.39 is 0 Å². The first-order valence-electron chi connectivity index (χ1n) is 10.8. The third kappa shape index (κ3) is 3.60. The van der Waals surface area contributed by atoms with Crippen LogP contribution in [0.2, 0.25) is 0 Å². The van der Waals surface area contributed by atoms with E-state index in [1.807, 2.05) is 80.0 Å². The maximum atomic E-state index is 13.3. The number of ether oxygens (including phenoxy) is 1. The lowest BCUT2D eigenvalue weighted by molar-refractivity contribution is 0.0516. The van der Waals surface area contributed by atoms with Crippen molar-refractivity contribution in [3.05, 3.63) is 115 Å². The van der Waals surface area contributed by atoms with Gasteiger partial charge in [-0.3, -0.25) is 0 Å². The zero-order valence-corrected chi connectivity index (χ0v) is 17.9. The summed E-state index contributed by atoms with van der Waals surface area (Å²) < 4.78 is 9.70. The monoisotopic (exact) mass is 420 g/mol. The van der Waals surface area contributed by atoms with Gasteiger partial charge < -0.3 is 13.9 Å². The van der Waals surface area contributed by atoms with E-state index in [1.54, 1.807) is 0 Å². The minimum atomic E-state index is -0.305. The van der Waals surface area contributed by atoms with E-state index >= 15 is 0 Å². The molecule has 5 rings (SSSR count). The summed E-state index contributed by atoms with van der Waals surface area (Å²) in [6, 6.07) is 30.7. The van der Waals surface area contributed by atoms with Gasteiger partial charge in [0.1, 0.15) is 5.69 Å². The zero-order chi connectivity index (χ0) is 21.9. The Labute approximate surface area is 187 Å². The number of carbonyl (C=O) groups is 1. The van der Waals surface area contributed by atoms with Gasteiger partial charge in [0.25, 0.3) is 0 Å². The van der Waals surface area contributed by atoms with E-state index in [4.69, 9.17) is 4.74 Å². The maximum absolute atomic E-state index is 13.3. The van der Waals surface area contributed by atoms with Crippen LogP contribution in [-0.2, 0) is 11.3 Å². The molecule has 5 aromatic rings. The van der Waals surface area contributed by atoms with Gasteiger partial charge in [-0.25, -0.2) is 4.79 Å². The fourth-order valence-corrected chi connectivity index (χ4v) is 4.25. The second-order valence-electron chi connectivity index (χ2n) is 7.67. The summed E-state index contributed by atoms with van der Waals surface area (Å²) in [6.45, 7) is 2.75. The molecule has 0 aliphatic rings. The second kappa shape index (κ2) is 8.60. The summed E-state index contributed by atoms with van der Waals surface area (Å²) in [5.74, 6) is -0.305. The molecule has 0 aliphatic heterocycles. The summed E-state index contributed by atoms with van der Waals surface area (Å²) in [7, 11) is 0. The molecule has 0 amide bonds. The van der Waals surface area contributed by atoms with Gasteiger partial charge in [-0.2, -0.15) is 0 Å². The van der Waals surface area contributed by atoms with Gasteiger partial charge in [0.05, 0.1) is 6.61 Å². The number of fused-ring (bicyclic) bond motifs is 1. The summed E-state index contributed by atoms with van der Waals surface area (Å²) in [4.78, 5) is 13.3. The molecule has 3 aromatic carbocycles. The molecule has 4 nitrogen and oxygen atoms in total. The van der Waals surface area contributed by atoms with Crippen LogP contribution >= 0.6 is 0 Å². The molecule has 0 bridgehead atoms. The summed E-state index contributed by atoms with van der Waals surface area (Å²) in [6.07, 6.45) is 4.05. The van der Waals surface area contributed by atoms with E-state index in [0.717, 1.165) is 33.3 Å². The van der Waals surface area contributed by atoms with Crippen LogP contribution in [0.3, 0.4) is 0 Å². The summed E-state index contributed by atoms with van der Waals surface area (Å²) in [5.41, 5.74) is 5.67. The van der Waals surface area contributed by atoms with E-state index in [2.05, 4.69) is 39.5 Å². The highest BCUT2D eigenvalue weighted by Gasteiger charge is 2.25. The van der Waals surface area contributed by atoms with Crippen molar-refractivity contribution < 1.29 is 9.53 Å². The van der Waals surface area contributed by atoms with Crippen LogP contribution in [0.15, 0.2) is 103 Å². The molecule has 32 heavy (non-hydrogen) atoms. The minimum Gasteiger partial charge on any atom is -0.461 e. The topological polar surface area (TPSA) is 36.2 Å². The SMILES string of the molecule is CCOC(=O)c1c(-c2ccccc2)c2cc(-n3cccc3)ccc2n1Cc1ccccc1. The Morgan fingerprint density at radius 3 is 2.22 bits per heavy atom. The number of nitrogens with zero attached hydrogens (tertiary/aromatic N) is 2. The molecule has 0 unspecified atom stereocenters. The van der Waals surface area contributed by atoms with Gasteiger partial charge in [-0.1, -0.05) is 60.7 Å². The van der Waals surface area contributed by atoms with Crippen LogP contribution in [0.5, 0.6) is 0 Å². The fraction of sp³-hybridized carbons (Fsp3) is 0.107. The lowest BCUT2D eigenvalue weighted by Gasteiger charge is -2.12. The van der Waals surface area contributed by atoms with Crippen LogP contribution in [0.25, 0.3) is 27.7 Å². The van der Waals surface area contributed by atoms with Gasteiger partial charge in [-0.15, -0.1) is 0 Å². The molecule has 0 saturated heterocycles. The standard InChI is InChI=1S/C28H24N2O2/c1-2-32-28(31)27-26(22-13-7-4-8-14-22)24-19-23(29-17-9-10-18-29)15-16-25(24)30(27)20-21-11-5-3-6-12-21/h3-19H,2,20H2,1H3. The smallest absolute Gasteiger partial charge is 0.355 e. The highest BCUT2D eigenvalue weighted by molar-refractivity contribution is 6.09. The molecule has 0 N–H and O–H groups in total. The van der Waals surface area contributed by atoms with Crippen LogP contribution in [0.4, 0.5) is 0 Å². The third-order valence-electron chi connectivity index (χ3n) is 5.66. The molecule has 2 aromatic heterocycles. The average molecular weight is 421 g/mol. The summed E-state index contributed by atoms with van der Waals surface area (Å²) in [5, 5.41) is 1.03. The van der Waals surface area contributed by atoms with Crippen LogP contribution in [0, 0.1) is 0 Å². The Bertz CT molecular complexity index is 1350. The van der Waals surface area contributed by atoms with Crippen LogP contribution in [0.1, 0.15) is 23.0 Å². The average Bonchev–Trinajstić information content (AvgIpc) is 3.47. The quantitative estimate of drug-likeness (QED) is 0.301. The second-order valence-corrected chi connectivity index (χ2v) is 7.67. The maximum Gasteiger partial charge on any atom is 0.355 e. The molecule has 4 heteroatoms. The molecule has 0 spiro atoms. The Morgan fingerprint density at radius 2 is 1.53 bits per heavy atom. The van der Waals surface area contributed by atoms with Crippen molar-refractivity contribution in [2.75, 3.05) is 6.61 Å². The number of esters is 1. The van der Waals surface area contributed by atoms with Gasteiger partial charge in [0.2, 0.25) is 0 Å². The first-order chi connectivity index (χ1) is 15.8. The summed E-state index contributed by atoms with van der Waals surface area (Å²) >= 11 is 0. The molecule has 0 aliphatic carbocycles. The van der Waals surface area contributed by atoms with Crippen molar-refractivity contribution in [3.63, 3.8) is 0 Å². The van der Waals surface area contributed by atoms with Gasteiger partial charge >= 0.3 is 5.97 Å². The first kappa shape index (κ1) is 19.9. The van der Waals surface area contributed by atoms with Crippen molar-refractivity contribution >= 4 is 16.9 Å². The molecule has 158 valence electrons. The number of aromatic nitrogens is 2. The molecular formula is C28H24N2O2. The van der Waals surface area contributed by atoms with E-state index in [1.165, 1.54) is 0 Å². The third-order valence-corrected chi connectivity index (χ3v) is 5.66. The Kier molecular flexibility index (Phi) is 5.34.